The average Bonchev–Trinajstić information content (AvgIpc) is 2.82. The van der Waals surface area contributed by atoms with Gasteiger partial charge in [-0.2, -0.15) is 5.26 Å². The summed E-state index contributed by atoms with van der Waals surface area (Å²) < 4.78 is 5.35. The Labute approximate surface area is 95.2 Å². The molecule has 0 amide bonds. The van der Waals surface area contributed by atoms with Crippen LogP contribution in [0.25, 0.3) is 0 Å². The number of hydrogen-bond donors (Lipinski definition) is 1. The molecular formula is C12H15N3O. The van der Waals surface area contributed by atoms with Gasteiger partial charge in [-0.1, -0.05) is 0 Å². The van der Waals surface area contributed by atoms with Gasteiger partial charge < -0.3 is 15.4 Å². The summed E-state index contributed by atoms with van der Waals surface area (Å²) in [6.45, 7) is 1.53. The van der Waals surface area contributed by atoms with E-state index < -0.39 is 0 Å². The van der Waals surface area contributed by atoms with Gasteiger partial charge in [0.15, 0.2) is 0 Å². The van der Waals surface area contributed by atoms with Crippen molar-refractivity contribution in [1.29, 1.82) is 5.26 Å². The van der Waals surface area contributed by atoms with Crippen LogP contribution < -0.4 is 10.6 Å². The van der Waals surface area contributed by atoms with E-state index in [9.17, 15) is 0 Å². The topological polar surface area (TPSA) is 62.3 Å². The molecule has 2 N–H and O–H groups in total. The highest BCUT2D eigenvalue weighted by Crippen LogP contribution is 2.27. The Morgan fingerprint density at radius 2 is 2.38 bits per heavy atom. The Kier molecular flexibility index (Phi) is 2.97. The van der Waals surface area contributed by atoms with Crippen LogP contribution in [0.2, 0.25) is 0 Å². The summed E-state index contributed by atoms with van der Waals surface area (Å²) in [6, 6.07) is 7.82. The maximum atomic E-state index is 8.87. The fourth-order valence-corrected chi connectivity index (χ4v) is 1.94. The molecule has 2 rings (SSSR count). The van der Waals surface area contributed by atoms with Crippen LogP contribution in [0.3, 0.4) is 0 Å². The van der Waals surface area contributed by atoms with Gasteiger partial charge >= 0.3 is 0 Å². The Morgan fingerprint density at radius 1 is 1.56 bits per heavy atom. The van der Waals surface area contributed by atoms with Gasteiger partial charge in [-0.3, -0.25) is 0 Å². The van der Waals surface area contributed by atoms with Gasteiger partial charge in [0.05, 0.1) is 35.7 Å². The molecule has 84 valence electrons. The van der Waals surface area contributed by atoms with Crippen LogP contribution in [0.1, 0.15) is 12.0 Å². The minimum absolute atomic E-state index is 0.358. The van der Waals surface area contributed by atoms with Crippen molar-refractivity contribution in [2.45, 2.75) is 12.5 Å². The van der Waals surface area contributed by atoms with Crippen LogP contribution in [0.4, 0.5) is 11.4 Å². The van der Waals surface area contributed by atoms with Gasteiger partial charge in [0.2, 0.25) is 0 Å². The second kappa shape index (κ2) is 4.42. The third-order valence-electron chi connectivity index (χ3n) is 2.99. The number of likely N-dealkylation sites (N-methyl/N-ethyl adjacent to an activating group) is 1. The third kappa shape index (κ3) is 1.95. The maximum absolute atomic E-state index is 8.87. The van der Waals surface area contributed by atoms with E-state index in [0.717, 1.165) is 25.3 Å². The minimum Gasteiger partial charge on any atom is -0.397 e. The highest BCUT2D eigenvalue weighted by molar-refractivity contribution is 5.69. The molecule has 4 heteroatoms. The van der Waals surface area contributed by atoms with E-state index in [-0.39, 0.29) is 0 Å². The predicted molar refractivity (Wildman–Crippen MR) is 63.2 cm³/mol. The Morgan fingerprint density at radius 3 is 3.00 bits per heavy atom. The summed E-state index contributed by atoms with van der Waals surface area (Å²) in [5.41, 5.74) is 8.17. The number of nitrogens with zero attached hydrogens (tertiary/aromatic N) is 2. The van der Waals surface area contributed by atoms with Gasteiger partial charge in [0.1, 0.15) is 0 Å². The first kappa shape index (κ1) is 10.8. The van der Waals surface area contributed by atoms with Crippen LogP contribution in [0.15, 0.2) is 18.2 Å². The smallest absolute Gasteiger partial charge is 0.0992 e. The van der Waals surface area contributed by atoms with Crippen LogP contribution >= 0.6 is 0 Å². The molecule has 0 radical (unpaired) electrons. The predicted octanol–water partition coefficient (Wildman–Crippen LogP) is 1.37. The molecule has 1 heterocycles. The molecule has 1 atom stereocenters. The second-order valence-electron chi connectivity index (χ2n) is 4.01. The fourth-order valence-electron chi connectivity index (χ4n) is 1.94. The number of benzene rings is 1. The molecule has 4 nitrogen and oxygen atoms in total. The first-order chi connectivity index (χ1) is 7.72. The molecule has 1 saturated heterocycles. The van der Waals surface area contributed by atoms with E-state index in [1.165, 1.54) is 0 Å². The quantitative estimate of drug-likeness (QED) is 0.760. The van der Waals surface area contributed by atoms with Crippen molar-refractivity contribution in [2.75, 3.05) is 30.9 Å². The van der Waals surface area contributed by atoms with E-state index in [2.05, 4.69) is 11.0 Å². The zero-order valence-corrected chi connectivity index (χ0v) is 9.31. The van der Waals surface area contributed by atoms with Crippen molar-refractivity contribution < 1.29 is 4.74 Å². The van der Waals surface area contributed by atoms with E-state index in [4.69, 9.17) is 15.7 Å². The first-order valence-electron chi connectivity index (χ1n) is 5.32. The zero-order chi connectivity index (χ0) is 11.5. The monoisotopic (exact) mass is 217 g/mol. The molecular weight excluding hydrogens is 202 g/mol. The summed E-state index contributed by atoms with van der Waals surface area (Å²) in [6.07, 6.45) is 1.01. The van der Waals surface area contributed by atoms with Gasteiger partial charge in [0, 0.05) is 13.7 Å². The van der Waals surface area contributed by atoms with Crippen molar-refractivity contribution in [3.8, 4) is 6.07 Å². The number of rotatable bonds is 2. The summed E-state index contributed by atoms with van der Waals surface area (Å²) >= 11 is 0. The molecule has 1 aliphatic rings. The van der Waals surface area contributed by atoms with E-state index >= 15 is 0 Å². The third-order valence-corrected chi connectivity index (χ3v) is 2.99. The lowest BCUT2D eigenvalue weighted by molar-refractivity contribution is 0.193. The van der Waals surface area contributed by atoms with Gasteiger partial charge in [-0.15, -0.1) is 0 Å². The van der Waals surface area contributed by atoms with E-state index in [0.29, 0.717) is 17.3 Å². The molecule has 1 aromatic rings. The van der Waals surface area contributed by atoms with Crippen molar-refractivity contribution in [3.05, 3.63) is 23.8 Å². The summed E-state index contributed by atoms with van der Waals surface area (Å²) in [7, 11) is 1.99. The molecule has 0 bridgehead atoms. The number of nitrogens with two attached hydrogens (primary N) is 1. The number of ether oxygens (including phenoxy) is 1. The lowest BCUT2D eigenvalue weighted by atomic mass is 10.1. The standard InChI is InChI=1S/C12H15N3O/c1-15(10-4-5-16-8-10)12-6-9(7-13)2-3-11(12)14/h2-3,6,10H,4-5,8,14H2,1H3. The Bertz CT molecular complexity index is 419. The largest absolute Gasteiger partial charge is 0.397 e. The van der Waals surface area contributed by atoms with Crippen molar-refractivity contribution >= 4 is 11.4 Å². The number of nitriles is 1. The first-order valence-corrected chi connectivity index (χ1v) is 5.32. The molecule has 0 aromatic heterocycles. The van der Waals surface area contributed by atoms with E-state index in [1.54, 1.807) is 12.1 Å². The molecule has 0 saturated carbocycles. The van der Waals surface area contributed by atoms with Crippen molar-refractivity contribution in [1.82, 2.24) is 0 Å². The second-order valence-corrected chi connectivity index (χ2v) is 4.01. The van der Waals surface area contributed by atoms with Gasteiger partial charge in [0.25, 0.3) is 0 Å². The Hall–Kier alpha value is -1.73. The van der Waals surface area contributed by atoms with Gasteiger partial charge in [-0.25, -0.2) is 0 Å². The van der Waals surface area contributed by atoms with E-state index in [1.807, 2.05) is 13.1 Å². The summed E-state index contributed by atoms with van der Waals surface area (Å²) in [5.74, 6) is 0. The summed E-state index contributed by atoms with van der Waals surface area (Å²) in [5, 5.41) is 8.87. The number of anilines is 2. The minimum atomic E-state index is 0.358. The molecule has 16 heavy (non-hydrogen) atoms. The molecule has 1 aliphatic heterocycles. The van der Waals surface area contributed by atoms with Crippen LogP contribution in [-0.4, -0.2) is 26.3 Å². The fraction of sp³-hybridized carbons (Fsp3) is 0.417. The molecule has 1 fully saturated rings. The molecule has 1 aromatic carbocycles. The van der Waals surface area contributed by atoms with Crippen LogP contribution in [0, 0.1) is 11.3 Å². The zero-order valence-electron chi connectivity index (χ0n) is 9.31. The normalized spacial score (nSPS) is 19.4. The maximum Gasteiger partial charge on any atom is 0.0992 e. The lowest BCUT2D eigenvalue weighted by Gasteiger charge is -2.26. The highest BCUT2D eigenvalue weighted by atomic mass is 16.5. The molecule has 1 unspecified atom stereocenters. The Balaban J connectivity index is 2.27. The average molecular weight is 217 g/mol. The van der Waals surface area contributed by atoms with Crippen LogP contribution in [0.5, 0.6) is 0 Å². The van der Waals surface area contributed by atoms with Crippen LogP contribution in [-0.2, 0) is 4.74 Å². The molecule has 0 aliphatic carbocycles. The van der Waals surface area contributed by atoms with Gasteiger partial charge in [-0.05, 0) is 24.6 Å². The van der Waals surface area contributed by atoms with Crippen molar-refractivity contribution in [3.63, 3.8) is 0 Å². The number of nitrogen functional groups attached to an aromatic ring is 1. The van der Waals surface area contributed by atoms with Crippen molar-refractivity contribution in [2.24, 2.45) is 0 Å². The number of hydrogen-bond acceptors (Lipinski definition) is 4. The molecule has 0 spiro atoms. The lowest BCUT2D eigenvalue weighted by Crippen LogP contribution is -2.32. The highest BCUT2D eigenvalue weighted by Gasteiger charge is 2.21. The summed E-state index contributed by atoms with van der Waals surface area (Å²) in [4.78, 5) is 2.10. The SMILES string of the molecule is CN(c1cc(C#N)ccc1N)C1CCOC1.